The molecule has 1 saturated heterocycles. The van der Waals surface area contributed by atoms with Crippen molar-refractivity contribution in [1.29, 1.82) is 0 Å². The van der Waals surface area contributed by atoms with E-state index in [-0.39, 0.29) is 23.7 Å². The molecule has 1 heterocycles. The second kappa shape index (κ2) is 8.47. The van der Waals surface area contributed by atoms with E-state index in [0.29, 0.717) is 22.8 Å². The van der Waals surface area contributed by atoms with Crippen LogP contribution in [0.15, 0.2) is 42.5 Å². The summed E-state index contributed by atoms with van der Waals surface area (Å²) < 4.78 is 26.8. The summed E-state index contributed by atoms with van der Waals surface area (Å²) in [6, 6.07) is 10.0. The van der Waals surface area contributed by atoms with Crippen molar-refractivity contribution in [2.45, 2.75) is 25.4 Å². The van der Waals surface area contributed by atoms with Crippen molar-refractivity contribution < 1.29 is 13.6 Å². The highest BCUT2D eigenvalue weighted by Crippen LogP contribution is 2.22. The van der Waals surface area contributed by atoms with Crippen LogP contribution < -0.4 is 10.6 Å². The summed E-state index contributed by atoms with van der Waals surface area (Å²) >= 11 is 6.08. The summed E-state index contributed by atoms with van der Waals surface area (Å²) in [5, 5.41) is 6.04. The fourth-order valence-electron chi connectivity index (χ4n) is 3.03. The summed E-state index contributed by atoms with van der Waals surface area (Å²) in [4.78, 5) is 14.2. The Bertz CT molecular complexity index is 742. The van der Waals surface area contributed by atoms with Crippen molar-refractivity contribution >= 4 is 23.3 Å². The average molecular weight is 380 g/mol. The minimum absolute atomic E-state index is 0.0443. The number of carbonyl (C=O) groups excluding carboxylic acids is 1. The highest BCUT2D eigenvalue weighted by Gasteiger charge is 2.22. The van der Waals surface area contributed by atoms with Crippen LogP contribution in [0, 0.1) is 11.6 Å². The lowest BCUT2D eigenvalue weighted by Crippen LogP contribution is -2.45. The SMILES string of the molecule is O=C(Nc1ccc(F)cc1)NC1CCN(Cc2c(F)cccc2Cl)CC1. The van der Waals surface area contributed by atoms with Crippen LogP contribution in [-0.2, 0) is 6.54 Å². The molecule has 0 unspecified atom stereocenters. The summed E-state index contributed by atoms with van der Waals surface area (Å²) in [5.74, 6) is -0.644. The van der Waals surface area contributed by atoms with Crippen LogP contribution in [0.2, 0.25) is 5.02 Å². The van der Waals surface area contributed by atoms with Crippen LogP contribution in [0.1, 0.15) is 18.4 Å². The fraction of sp³-hybridized carbons (Fsp3) is 0.316. The number of piperidine rings is 1. The molecule has 0 saturated carbocycles. The Balaban J connectivity index is 1.46. The Hall–Kier alpha value is -2.18. The first-order valence-electron chi connectivity index (χ1n) is 8.49. The molecule has 0 spiro atoms. The lowest BCUT2D eigenvalue weighted by molar-refractivity contribution is 0.188. The summed E-state index contributed by atoms with van der Waals surface area (Å²) in [5.41, 5.74) is 1.05. The molecule has 0 aromatic heterocycles. The minimum Gasteiger partial charge on any atom is -0.335 e. The van der Waals surface area contributed by atoms with Crippen LogP contribution in [0.5, 0.6) is 0 Å². The van der Waals surface area contributed by atoms with Gasteiger partial charge in [0, 0.05) is 41.9 Å². The number of nitrogens with one attached hydrogen (secondary N) is 2. The quantitative estimate of drug-likeness (QED) is 0.826. The third-order valence-electron chi connectivity index (χ3n) is 4.47. The number of urea groups is 1. The molecule has 4 nitrogen and oxygen atoms in total. The number of hydrogen-bond donors (Lipinski definition) is 2. The monoisotopic (exact) mass is 379 g/mol. The van der Waals surface area contributed by atoms with E-state index in [1.807, 2.05) is 0 Å². The van der Waals surface area contributed by atoms with Gasteiger partial charge in [0.2, 0.25) is 0 Å². The Morgan fingerprint density at radius 2 is 1.81 bits per heavy atom. The van der Waals surface area contributed by atoms with Crippen LogP contribution in [0.3, 0.4) is 0 Å². The molecular formula is C19H20ClF2N3O. The van der Waals surface area contributed by atoms with E-state index in [9.17, 15) is 13.6 Å². The van der Waals surface area contributed by atoms with Gasteiger partial charge >= 0.3 is 6.03 Å². The molecular weight excluding hydrogens is 360 g/mol. The van der Waals surface area contributed by atoms with E-state index in [1.165, 1.54) is 30.3 Å². The molecule has 2 aromatic carbocycles. The lowest BCUT2D eigenvalue weighted by atomic mass is 10.0. The number of halogens is 3. The molecule has 2 amide bonds. The summed E-state index contributed by atoms with van der Waals surface area (Å²) in [7, 11) is 0. The van der Waals surface area contributed by atoms with Gasteiger partial charge < -0.3 is 10.6 Å². The normalized spacial score (nSPS) is 15.7. The van der Waals surface area contributed by atoms with E-state index in [2.05, 4.69) is 15.5 Å². The van der Waals surface area contributed by atoms with Gasteiger partial charge in [0.25, 0.3) is 0 Å². The fourth-order valence-corrected chi connectivity index (χ4v) is 3.25. The number of hydrogen-bond acceptors (Lipinski definition) is 2. The molecule has 3 rings (SSSR count). The molecule has 0 radical (unpaired) electrons. The van der Waals surface area contributed by atoms with Crippen molar-refractivity contribution in [3.05, 3.63) is 64.7 Å². The van der Waals surface area contributed by atoms with E-state index in [0.717, 1.165) is 25.9 Å². The Labute approximate surface area is 156 Å². The number of anilines is 1. The first kappa shape index (κ1) is 18.6. The Morgan fingerprint density at radius 1 is 1.12 bits per heavy atom. The van der Waals surface area contributed by atoms with Gasteiger partial charge in [-0.05, 0) is 49.2 Å². The molecule has 1 fully saturated rings. The van der Waals surface area contributed by atoms with Crippen molar-refractivity contribution in [2.75, 3.05) is 18.4 Å². The predicted octanol–water partition coefficient (Wildman–Crippen LogP) is 4.40. The standard InChI is InChI=1S/C19H20ClF2N3O/c20-17-2-1-3-18(22)16(17)12-25-10-8-15(9-11-25)24-19(26)23-14-6-4-13(21)5-7-14/h1-7,15H,8-12H2,(H2,23,24,26). The van der Waals surface area contributed by atoms with Gasteiger partial charge in [-0.25, -0.2) is 13.6 Å². The number of rotatable bonds is 4. The first-order chi connectivity index (χ1) is 12.5. The first-order valence-corrected chi connectivity index (χ1v) is 8.87. The molecule has 0 atom stereocenters. The van der Waals surface area contributed by atoms with Gasteiger partial charge in [-0.1, -0.05) is 17.7 Å². The van der Waals surface area contributed by atoms with Gasteiger partial charge in [-0.2, -0.15) is 0 Å². The molecule has 0 aliphatic carbocycles. The summed E-state index contributed by atoms with van der Waals surface area (Å²) in [6.07, 6.45) is 1.53. The van der Waals surface area contributed by atoms with Crippen LogP contribution in [0.25, 0.3) is 0 Å². The average Bonchev–Trinajstić information content (AvgIpc) is 2.62. The Morgan fingerprint density at radius 3 is 2.46 bits per heavy atom. The highest BCUT2D eigenvalue weighted by atomic mass is 35.5. The van der Waals surface area contributed by atoms with Crippen LogP contribution in [0.4, 0.5) is 19.3 Å². The van der Waals surface area contributed by atoms with Crippen LogP contribution in [-0.4, -0.2) is 30.1 Å². The number of likely N-dealkylation sites (tertiary alicyclic amines) is 1. The molecule has 1 aliphatic rings. The Kier molecular flexibility index (Phi) is 6.06. The van der Waals surface area contributed by atoms with Gasteiger partial charge in [0.05, 0.1) is 0 Å². The second-order valence-corrected chi connectivity index (χ2v) is 6.76. The molecule has 0 bridgehead atoms. The van der Waals surface area contributed by atoms with Crippen molar-refractivity contribution in [3.8, 4) is 0 Å². The maximum absolute atomic E-state index is 13.9. The van der Waals surface area contributed by atoms with E-state index < -0.39 is 0 Å². The smallest absolute Gasteiger partial charge is 0.319 e. The molecule has 2 aromatic rings. The van der Waals surface area contributed by atoms with Crippen molar-refractivity contribution in [3.63, 3.8) is 0 Å². The topological polar surface area (TPSA) is 44.4 Å². The van der Waals surface area contributed by atoms with E-state index in [4.69, 9.17) is 11.6 Å². The van der Waals surface area contributed by atoms with E-state index >= 15 is 0 Å². The van der Waals surface area contributed by atoms with Gasteiger partial charge in [-0.3, -0.25) is 4.90 Å². The highest BCUT2D eigenvalue weighted by molar-refractivity contribution is 6.31. The predicted molar refractivity (Wildman–Crippen MR) is 98.3 cm³/mol. The second-order valence-electron chi connectivity index (χ2n) is 6.36. The van der Waals surface area contributed by atoms with Gasteiger partial charge in [0.15, 0.2) is 0 Å². The number of benzene rings is 2. The van der Waals surface area contributed by atoms with Gasteiger partial charge in [0.1, 0.15) is 11.6 Å². The molecule has 26 heavy (non-hydrogen) atoms. The number of carbonyl (C=O) groups is 1. The van der Waals surface area contributed by atoms with Crippen LogP contribution >= 0.6 is 11.6 Å². The minimum atomic E-state index is -0.349. The molecule has 138 valence electrons. The number of nitrogens with zero attached hydrogens (tertiary/aromatic N) is 1. The van der Waals surface area contributed by atoms with E-state index in [1.54, 1.807) is 12.1 Å². The largest absolute Gasteiger partial charge is 0.335 e. The molecule has 7 heteroatoms. The zero-order valence-corrected chi connectivity index (χ0v) is 14.9. The maximum atomic E-state index is 13.9. The van der Waals surface area contributed by atoms with Gasteiger partial charge in [-0.15, -0.1) is 0 Å². The lowest BCUT2D eigenvalue weighted by Gasteiger charge is -2.32. The maximum Gasteiger partial charge on any atom is 0.319 e. The number of amides is 2. The third kappa shape index (κ3) is 4.93. The molecule has 2 N–H and O–H groups in total. The molecule has 1 aliphatic heterocycles. The van der Waals surface area contributed by atoms with Crippen molar-refractivity contribution in [2.24, 2.45) is 0 Å². The summed E-state index contributed by atoms with van der Waals surface area (Å²) in [6.45, 7) is 1.94. The zero-order chi connectivity index (χ0) is 18.5. The third-order valence-corrected chi connectivity index (χ3v) is 4.82. The zero-order valence-electron chi connectivity index (χ0n) is 14.1. The van der Waals surface area contributed by atoms with Crippen molar-refractivity contribution in [1.82, 2.24) is 10.2 Å².